The van der Waals surface area contributed by atoms with Crippen LogP contribution in [0.2, 0.25) is 5.02 Å². The summed E-state index contributed by atoms with van der Waals surface area (Å²) in [7, 11) is 1.97. The summed E-state index contributed by atoms with van der Waals surface area (Å²) >= 11 is 6.56. The average Bonchev–Trinajstić information content (AvgIpc) is 3.12. The number of allylic oxidation sites excluding steroid dienone is 1. The number of hydrogen-bond donors (Lipinski definition) is 2. The summed E-state index contributed by atoms with van der Waals surface area (Å²) < 4.78 is 19.6. The molecule has 2 aromatic heterocycles. The standard InChI is InChI=1S/C26H27ClFN9O/c1-36-16-19(33-24-6-5-18(13-21(24)27)23-7-8-29-17-31-23)3-2-4-20(36)14-32-35-26-30-15-22(28)25(34-26)37-9-11-38-12-10-37/h2-3,5-8,13-17,20,33H,4,9-12H2,1H3,(H,30,34,35)/b32-14+. The van der Waals surface area contributed by atoms with Crippen LogP contribution in [0.4, 0.5) is 21.8 Å². The highest BCUT2D eigenvalue weighted by Crippen LogP contribution is 2.29. The van der Waals surface area contributed by atoms with E-state index in [9.17, 15) is 4.39 Å². The van der Waals surface area contributed by atoms with Gasteiger partial charge in [0.25, 0.3) is 0 Å². The second-order valence-corrected chi connectivity index (χ2v) is 9.13. The Morgan fingerprint density at radius 1 is 1.21 bits per heavy atom. The van der Waals surface area contributed by atoms with Crippen LogP contribution < -0.4 is 15.6 Å². The van der Waals surface area contributed by atoms with Crippen molar-refractivity contribution in [3.63, 3.8) is 0 Å². The highest BCUT2D eigenvalue weighted by Gasteiger charge is 2.18. The van der Waals surface area contributed by atoms with Gasteiger partial charge in [-0.05, 0) is 30.7 Å². The summed E-state index contributed by atoms with van der Waals surface area (Å²) in [6.07, 6.45) is 12.9. The van der Waals surface area contributed by atoms with Gasteiger partial charge in [-0.15, -0.1) is 0 Å². The second kappa shape index (κ2) is 12.0. The number of anilines is 3. The molecule has 196 valence electrons. The molecule has 12 heteroatoms. The fourth-order valence-electron chi connectivity index (χ4n) is 4.08. The molecule has 38 heavy (non-hydrogen) atoms. The Hall–Kier alpha value is -4.09. The predicted octanol–water partition coefficient (Wildman–Crippen LogP) is 4.17. The summed E-state index contributed by atoms with van der Waals surface area (Å²) in [5.74, 6) is 0.0100. The molecule has 1 fully saturated rings. The number of morpholine rings is 1. The van der Waals surface area contributed by atoms with Crippen molar-refractivity contribution in [3.05, 3.63) is 77.9 Å². The monoisotopic (exact) mass is 535 g/mol. The van der Waals surface area contributed by atoms with Crippen molar-refractivity contribution in [1.29, 1.82) is 0 Å². The van der Waals surface area contributed by atoms with Crippen molar-refractivity contribution in [2.45, 2.75) is 12.5 Å². The SMILES string of the molecule is CN1C=C(Nc2ccc(-c3ccncn3)cc2Cl)C=CCC1/C=N/Nc1ncc(F)c(N2CCOCC2)n1. The van der Waals surface area contributed by atoms with Gasteiger partial charge in [0.05, 0.1) is 47.6 Å². The molecular weight excluding hydrogens is 509 g/mol. The van der Waals surface area contributed by atoms with Crippen LogP contribution in [-0.2, 0) is 4.74 Å². The third-order valence-electron chi connectivity index (χ3n) is 6.11. The quantitative estimate of drug-likeness (QED) is 0.340. The third kappa shape index (κ3) is 6.24. The van der Waals surface area contributed by atoms with Gasteiger partial charge in [-0.25, -0.2) is 24.8 Å². The van der Waals surface area contributed by atoms with E-state index in [1.807, 2.05) is 53.4 Å². The number of nitrogens with one attached hydrogen (secondary N) is 2. The Kier molecular flexibility index (Phi) is 8.05. The lowest BCUT2D eigenvalue weighted by Gasteiger charge is -2.27. The van der Waals surface area contributed by atoms with E-state index in [2.05, 4.69) is 41.9 Å². The molecule has 0 spiro atoms. The van der Waals surface area contributed by atoms with Crippen LogP contribution in [0.3, 0.4) is 0 Å². The minimum absolute atomic E-state index is 0.0205. The van der Waals surface area contributed by atoms with Gasteiger partial charge in [-0.2, -0.15) is 10.1 Å². The Morgan fingerprint density at radius 2 is 2.08 bits per heavy atom. The smallest absolute Gasteiger partial charge is 0.245 e. The highest BCUT2D eigenvalue weighted by atomic mass is 35.5. The number of benzene rings is 1. The van der Waals surface area contributed by atoms with Crippen molar-refractivity contribution in [1.82, 2.24) is 24.8 Å². The summed E-state index contributed by atoms with van der Waals surface area (Å²) in [5, 5.41) is 8.28. The van der Waals surface area contributed by atoms with Crippen LogP contribution in [-0.4, -0.2) is 70.4 Å². The van der Waals surface area contributed by atoms with Crippen LogP contribution in [0.5, 0.6) is 0 Å². The topological polar surface area (TPSA) is 104 Å². The molecule has 3 aromatic rings. The zero-order valence-corrected chi connectivity index (χ0v) is 21.5. The first-order chi connectivity index (χ1) is 18.6. The largest absolute Gasteiger partial charge is 0.378 e. The first kappa shape index (κ1) is 25.6. The second-order valence-electron chi connectivity index (χ2n) is 8.72. The number of ether oxygens (including phenoxy) is 1. The third-order valence-corrected chi connectivity index (χ3v) is 6.43. The van der Waals surface area contributed by atoms with Crippen LogP contribution in [0.1, 0.15) is 6.42 Å². The molecule has 0 amide bonds. The van der Waals surface area contributed by atoms with E-state index in [1.165, 1.54) is 6.33 Å². The van der Waals surface area contributed by atoms with E-state index >= 15 is 0 Å². The Labute approximate surface area is 224 Å². The first-order valence-electron chi connectivity index (χ1n) is 12.1. The minimum atomic E-state index is -0.469. The molecule has 1 saturated heterocycles. The Morgan fingerprint density at radius 3 is 2.87 bits per heavy atom. The van der Waals surface area contributed by atoms with Crippen molar-refractivity contribution in [3.8, 4) is 11.3 Å². The average molecular weight is 536 g/mol. The van der Waals surface area contributed by atoms with Gasteiger partial charge in [-0.3, -0.25) is 0 Å². The maximum Gasteiger partial charge on any atom is 0.245 e. The fraction of sp³-hybridized carbons (Fsp3) is 0.269. The number of hydrogen-bond acceptors (Lipinski definition) is 10. The molecule has 10 nitrogen and oxygen atoms in total. The number of hydrazone groups is 1. The summed E-state index contributed by atoms with van der Waals surface area (Å²) in [4.78, 5) is 20.4. The molecule has 2 aliphatic heterocycles. The van der Waals surface area contributed by atoms with Gasteiger partial charge in [-0.1, -0.05) is 23.7 Å². The number of nitrogens with zero attached hydrogens (tertiary/aromatic N) is 7. The molecule has 1 unspecified atom stereocenters. The zero-order valence-electron chi connectivity index (χ0n) is 20.8. The van der Waals surface area contributed by atoms with Crippen molar-refractivity contribution in [2.75, 3.05) is 49.0 Å². The van der Waals surface area contributed by atoms with Gasteiger partial charge in [0, 0.05) is 44.3 Å². The van der Waals surface area contributed by atoms with E-state index in [4.69, 9.17) is 16.3 Å². The van der Waals surface area contributed by atoms with Crippen molar-refractivity contribution < 1.29 is 9.13 Å². The Balaban J connectivity index is 1.22. The number of rotatable bonds is 7. The summed E-state index contributed by atoms with van der Waals surface area (Å²) in [6.45, 7) is 2.24. The molecule has 5 rings (SSSR count). The molecule has 0 saturated carbocycles. The van der Waals surface area contributed by atoms with Gasteiger partial charge in [0.2, 0.25) is 5.95 Å². The molecule has 0 bridgehead atoms. The molecule has 0 aliphatic carbocycles. The maximum absolute atomic E-state index is 14.3. The Bertz CT molecular complexity index is 1350. The molecule has 4 heterocycles. The molecule has 0 radical (unpaired) electrons. The van der Waals surface area contributed by atoms with Gasteiger partial charge < -0.3 is 19.9 Å². The fourth-order valence-corrected chi connectivity index (χ4v) is 4.31. The first-order valence-corrected chi connectivity index (χ1v) is 12.5. The van der Waals surface area contributed by atoms with Crippen LogP contribution >= 0.6 is 11.6 Å². The molecular formula is C26H27ClFN9O. The molecule has 2 N–H and O–H groups in total. The van der Waals surface area contributed by atoms with E-state index in [0.29, 0.717) is 31.3 Å². The lowest BCUT2D eigenvalue weighted by molar-refractivity contribution is 0.122. The number of halogens is 2. The molecule has 1 aromatic carbocycles. The molecule has 2 aliphatic rings. The summed E-state index contributed by atoms with van der Waals surface area (Å²) in [5.41, 5.74) is 6.21. The summed E-state index contributed by atoms with van der Waals surface area (Å²) in [6, 6.07) is 7.58. The van der Waals surface area contributed by atoms with E-state index in [-0.39, 0.29) is 17.8 Å². The maximum atomic E-state index is 14.3. The normalized spacial score (nSPS) is 17.9. The van der Waals surface area contributed by atoms with Crippen LogP contribution in [0.25, 0.3) is 11.3 Å². The number of aromatic nitrogens is 4. The van der Waals surface area contributed by atoms with E-state index in [0.717, 1.165) is 35.3 Å². The molecule has 1 atom stereocenters. The van der Waals surface area contributed by atoms with Crippen LogP contribution in [0, 0.1) is 5.82 Å². The predicted molar refractivity (Wildman–Crippen MR) is 147 cm³/mol. The minimum Gasteiger partial charge on any atom is -0.378 e. The lowest BCUT2D eigenvalue weighted by atomic mass is 10.1. The van der Waals surface area contributed by atoms with Crippen LogP contribution in [0.15, 0.2) is 72.1 Å². The van der Waals surface area contributed by atoms with Crippen molar-refractivity contribution in [2.24, 2.45) is 5.10 Å². The zero-order chi connectivity index (χ0) is 26.3. The van der Waals surface area contributed by atoms with Gasteiger partial charge in [0.1, 0.15) is 6.33 Å². The van der Waals surface area contributed by atoms with E-state index in [1.54, 1.807) is 12.4 Å². The van der Waals surface area contributed by atoms with Gasteiger partial charge in [0.15, 0.2) is 11.6 Å². The lowest BCUT2D eigenvalue weighted by Crippen LogP contribution is -2.37. The van der Waals surface area contributed by atoms with E-state index < -0.39 is 5.82 Å². The van der Waals surface area contributed by atoms with Gasteiger partial charge >= 0.3 is 0 Å². The highest BCUT2D eigenvalue weighted by molar-refractivity contribution is 6.33. The van der Waals surface area contributed by atoms with Crippen molar-refractivity contribution >= 4 is 35.3 Å².